The van der Waals surface area contributed by atoms with Crippen LogP contribution in [0.2, 0.25) is 0 Å². The molecule has 0 unspecified atom stereocenters. The maximum absolute atomic E-state index is 12.1. The Labute approximate surface area is 167 Å². The molecule has 3 N–H and O–H groups in total. The van der Waals surface area contributed by atoms with Gasteiger partial charge in [-0.2, -0.15) is 0 Å². The summed E-state index contributed by atoms with van der Waals surface area (Å²) in [7, 11) is 1.65. The van der Waals surface area contributed by atoms with Crippen molar-refractivity contribution in [3.63, 3.8) is 0 Å². The second kappa shape index (κ2) is 6.79. The van der Waals surface area contributed by atoms with E-state index in [0.717, 1.165) is 5.56 Å². The molecule has 0 bridgehead atoms. The number of aryl methyl sites for hydroxylation is 2. The van der Waals surface area contributed by atoms with E-state index in [1.807, 2.05) is 25.1 Å². The summed E-state index contributed by atoms with van der Waals surface area (Å²) in [6.07, 6.45) is 0.292. The summed E-state index contributed by atoms with van der Waals surface area (Å²) in [4.78, 5) is 31.2. The zero-order valence-electron chi connectivity index (χ0n) is 16.4. The SMILES string of the molecule is Cc1nc(N)c2nc(-c3cccc(C#C[C@]4(O)CCN(C)C4=O)c3)nc(C)c2n1. The summed E-state index contributed by atoms with van der Waals surface area (Å²) in [6, 6.07) is 7.30. The van der Waals surface area contributed by atoms with Crippen molar-refractivity contribution >= 4 is 22.8 Å². The van der Waals surface area contributed by atoms with Gasteiger partial charge in [-0.1, -0.05) is 24.0 Å². The second-order valence-electron chi connectivity index (χ2n) is 7.15. The Morgan fingerprint density at radius 3 is 2.69 bits per heavy atom. The van der Waals surface area contributed by atoms with Crippen LogP contribution in [0.25, 0.3) is 22.4 Å². The highest BCUT2D eigenvalue weighted by molar-refractivity contribution is 5.90. The number of aliphatic hydroxyl groups is 1. The second-order valence-corrected chi connectivity index (χ2v) is 7.15. The molecule has 8 nitrogen and oxygen atoms in total. The average Bonchev–Trinajstić information content (AvgIpc) is 2.95. The first-order chi connectivity index (χ1) is 13.8. The van der Waals surface area contributed by atoms with Gasteiger partial charge < -0.3 is 15.7 Å². The molecule has 29 heavy (non-hydrogen) atoms. The van der Waals surface area contributed by atoms with E-state index in [1.165, 1.54) is 4.90 Å². The van der Waals surface area contributed by atoms with Crippen LogP contribution >= 0.6 is 0 Å². The van der Waals surface area contributed by atoms with E-state index < -0.39 is 5.60 Å². The normalized spacial score (nSPS) is 18.8. The van der Waals surface area contributed by atoms with Gasteiger partial charge in [-0.05, 0) is 26.0 Å². The van der Waals surface area contributed by atoms with Gasteiger partial charge in [0, 0.05) is 31.1 Å². The third-order valence-corrected chi connectivity index (χ3v) is 4.90. The number of aromatic nitrogens is 4. The predicted molar refractivity (Wildman–Crippen MR) is 109 cm³/mol. The Kier molecular flexibility index (Phi) is 4.40. The van der Waals surface area contributed by atoms with Crippen LogP contribution in [-0.2, 0) is 4.79 Å². The minimum atomic E-state index is -1.63. The molecule has 3 heterocycles. The molecule has 2 aromatic heterocycles. The quantitative estimate of drug-likeness (QED) is 0.602. The third kappa shape index (κ3) is 3.37. The lowest BCUT2D eigenvalue weighted by Gasteiger charge is -2.13. The van der Waals surface area contributed by atoms with Gasteiger partial charge in [0.15, 0.2) is 11.6 Å². The molecule has 0 radical (unpaired) electrons. The third-order valence-electron chi connectivity index (χ3n) is 4.90. The molecule has 1 saturated heterocycles. The largest absolute Gasteiger partial charge is 0.382 e. The van der Waals surface area contributed by atoms with Crippen molar-refractivity contribution < 1.29 is 9.90 Å². The van der Waals surface area contributed by atoms with Gasteiger partial charge in [0.05, 0.1) is 5.69 Å². The molecular formula is C21H20N6O2. The Bertz CT molecular complexity index is 1210. The Hall–Kier alpha value is -3.57. The summed E-state index contributed by atoms with van der Waals surface area (Å²) in [5.41, 5.74) is 7.61. The van der Waals surface area contributed by atoms with Gasteiger partial charge in [0.2, 0.25) is 5.60 Å². The first kappa shape index (κ1) is 18.8. The summed E-state index contributed by atoms with van der Waals surface area (Å²) in [6.45, 7) is 4.10. The van der Waals surface area contributed by atoms with E-state index in [0.29, 0.717) is 52.7 Å². The standard InChI is InChI=1S/C21H20N6O2/c1-12-16-17(18(22)25-13(2)24-16)26-19(23-12)15-6-4-5-14(11-15)7-8-21(29)9-10-27(3)20(21)28/h4-6,11,29H,9-10H2,1-3H3,(H2,22,24,25)/t21-/m0/s1. The fourth-order valence-corrected chi connectivity index (χ4v) is 3.30. The average molecular weight is 388 g/mol. The number of rotatable bonds is 1. The molecule has 1 aliphatic heterocycles. The van der Waals surface area contributed by atoms with Gasteiger partial charge in [-0.15, -0.1) is 0 Å². The maximum atomic E-state index is 12.1. The summed E-state index contributed by atoms with van der Waals surface area (Å²) in [5, 5.41) is 10.5. The number of carbonyl (C=O) groups is 1. The lowest BCUT2D eigenvalue weighted by Crippen LogP contribution is -2.37. The number of benzene rings is 1. The number of likely N-dealkylation sites (tertiary alicyclic amines) is 1. The van der Waals surface area contributed by atoms with Gasteiger partial charge in [-0.25, -0.2) is 19.9 Å². The smallest absolute Gasteiger partial charge is 0.267 e. The Balaban J connectivity index is 1.74. The Morgan fingerprint density at radius 2 is 1.97 bits per heavy atom. The van der Waals surface area contributed by atoms with E-state index in [4.69, 9.17) is 5.73 Å². The number of likely N-dealkylation sites (N-methyl/N-ethyl adjacent to an activating group) is 1. The lowest BCUT2D eigenvalue weighted by molar-refractivity contribution is -0.137. The van der Waals surface area contributed by atoms with Crippen LogP contribution in [-0.4, -0.2) is 55.0 Å². The fourth-order valence-electron chi connectivity index (χ4n) is 3.30. The summed E-state index contributed by atoms with van der Waals surface area (Å²) >= 11 is 0. The van der Waals surface area contributed by atoms with Crippen molar-refractivity contribution in [2.24, 2.45) is 0 Å². The molecule has 3 aromatic rings. The van der Waals surface area contributed by atoms with Gasteiger partial charge >= 0.3 is 0 Å². The summed E-state index contributed by atoms with van der Waals surface area (Å²) < 4.78 is 0. The van der Waals surface area contributed by atoms with Crippen LogP contribution in [0.15, 0.2) is 24.3 Å². The van der Waals surface area contributed by atoms with Gasteiger partial charge in [-0.3, -0.25) is 4.79 Å². The van der Waals surface area contributed by atoms with Gasteiger partial charge in [0.1, 0.15) is 16.9 Å². The van der Waals surface area contributed by atoms with Crippen LogP contribution in [0.5, 0.6) is 0 Å². The molecule has 1 atom stereocenters. The molecule has 146 valence electrons. The Morgan fingerprint density at radius 1 is 1.17 bits per heavy atom. The number of carbonyl (C=O) groups excluding carboxylic acids is 1. The minimum Gasteiger partial charge on any atom is -0.382 e. The number of nitrogens with zero attached hydrogens (tertiary/aromatic N) is 5. The predicted octanol–water partition coefficient (Wildman–Crippen LogP) is 1.23. The van der Waals surface area contributed by atoms with Crippen molar-refractivity contribution in [2.45, 2.75) is 25.9 Å². The van der Waals surface area contributed by atoms with E-state index in [-0.39, 0.29) is 5.91 Å². The number of anilines is 1. The minimum absolute atomic E-state index is 0.292. The highest BCUT2D eigenvalue weighted by Gasteiger charge is 2.42. The number of nitrogens with two attached hydrogens (primary N) is 1. The first-order valence-electron chi connectivity index (χ1n) is 9.17. The number of amides is 1. The molecular weight excluding hydrogens is 368 g/mol. The molecule has 0 spiro atoms. The number of hydrogen-bond donors (Lipinski definition) is 2. The van der Waals surface area contributed by atoms with Crippen molar-refractivity contribution in [2.75, 3.05) is 19.3 Å². The zero-order chi connectivity index (χ0) is 20.8. The van der Waals surface area contributed by atoms with E-state index >= 15 is 0 Å². The van der Waals surface area contributed by atoms with E-state index in [9.17, 15) is 9.90 Å². The molecule has 8 heteroatoms. The molecule has 0 aliphatic carbocycles. The van der Waals surface area contributed by atoms with Crippen LogP contribution in [0.1, 0.15) is 23.5 Å². The number of nitrogen functional groups attached to an aromatic ring is 1. The topological polar surface area (TPSA) is 118 Å². The van der Waals surface area contributed by atoms with E-state index in [2.05, 4.69) is 31.8 Å². The summed E-state index contributed by atoms with van der Waals surface area (Å²) in [5.74, 6) is 6.61. The van der Waals surface area contributed by atoms with Crippen LogP contribution < -0.4 is 5.73 Å². The highest BCUT2D eigenvalue weighted by atomic mass is 16.3. The van der Waals surface area contributed by atoms with Crippen LogP contribution in [0, 0.1) is 25.7 Å². The lowest BCUT2D eigenvalue weighted by atomic mass is 10.0. The van der Waals surface area contributed by atoms with Crippen molar-refractivity contribution in [1.82, 2.24) is 24.8 Å². The molecule has 1 fully saturated rings. The molecule has 4 rings (SSSR count). The van der Waals surface area contributed by atoms with Crippen LogP contribution in [0.4, 0.5) is 5.82 Å². The highest BCUT2D eigenvalue weighted by Crippen LogP contribution is 2.24. The molecule has 1 aromatic carbocycles. The first-order valence-corrected chi connectivity index (χ1v) is 9.17. The fraction of sp³-hybridized carbons (Fsp3) is 0.286. The number of fused-ring (bicyclic) bond motifs is 1. The monoisotopic (exact) mass is 388 g/mol. The maximum Gasteiger partial charge on any atom is 0.267 e. The van der Waals surface area contributed by atoms with Gasteiger partial charge in [0.25, 0.3) is 5.91 Å². The van der Waals surface area contributed by atoms with E-state index in [1.54, 1.807) is 20.0 Å². The number of hydrogen-bond acceptors (Lipinski definition) is 7. The van der Waals surface area contributed by atoms with Crippen molar-refractivity contribution in [1.29, 1.82) is 0 Å². The molecule has 1 aliphatic rings. The van der Waals surface area contributed by atoms with Crippen molar-refractivity contribution in [3.8, 4) is 23.2 Å². The van der Waals surface area contributed by atoms with Crippen molar-refractivity contribution in [3.05, 3.63) is 41.3 Å². The van der Waals surface area contributed by atoms with Crippen LogP contribution in [0.3, 0.4) is 0 Å². The molecule has 0 saturated carbocycles. The zero-order valence-corrected chi connectivity index (χ0v) is 16.4. The molecule has 1 amide bonds.